The summed E-state index contributed by atoms with van der Waals surface area (Å²) in [6.07, 6.45) is 1.64. The molecule has 0 aliphatic heterocycles. The van der Waals surface area contributed by atoms with E-state index >= 15 is 0 Å². The first kappa shape index (κ1) is 18.7. The fourth-order valence-corrected chi connectivity index (χ4v) is 2.80. The molecular formula is C21H20ClN3O2. The smallest absolute Gasteiger partial charge is 0.274 e. The Morgan fingerprint density at radius 3 is 2.70 bits per heavy atom. The summed E-state index contributed by atoms with van der Waals surface area (Å²) in [6.45, 7) is 2.75. The molecule has 3 rings (SSSR count). The van der Waals surface area contributed by atoms with E-state index in [-0.39, 0.29) is 5.91 Å². The Morgan fingerprint density at radius 2 is 2.00 bits per heavy atom. The van der Waals surface area contributed by atoms with Gasteiger partial charge in [0.25, 0.3) is 5.91 Å². The number of hydrogen-bond donors (Lipinski definition) is 2. The molecule has 5 nitrogen and oxygen atoms in total. The van der Waals surface area contributed by atoms with E-state index in [1.54, 1.807) is 30.5 Å². The molecule has 1 amide bonds. The first-order valence-corrected chi connectivity index (χ1v) is 8.83. The van der Waals surface area contributed by atoms with Gasteiger partial charge in [0.05, 0.1) is 24.7 Å². The Kier molecular flexibility index (Phi) is 5.94. The molecule has 27 heavy (non-hydrogen) atoms. The minimum absolute atomic E-state index is 0.304. The molecule has 0 bridgehead atoms. The van der Waals surface area contributed by atoms with Crippen LogP contribution in [0.5, 0.6) is 5.75 Å². The number of carbonyl (C=O) groups excluding carboxylic acids is 1. The number of nitrogens with zero attached hydrogens (tertiary/aromatic N) is 1. The summed E-state index contributed by atoms with van der Waals surface area (Å²) in [5, 5.41) is 6.58. The largest absolute Gasteiger partial charge is 0.495 e. The Labute approximate surface area is 163 Å². The SMILES string of the molecule is COc1ccc(Cl)cc1NC(=O)c1ccc(NCc2cccc(C)c2)cn1. The van der Waals surface area contributed by atoms with Crippen LogP contribution in [0.1, 0.15) is 21.6 Å². The lowest BCUT2D eigenvalue weighted by Crippen LogP contribution is -2.14. The van der Waals surface area contributed by atoms with Crippen molar-refractivity contribution in [3.63, 3.8) is 0 Å². The third kappa shape index (κ3) is 4.99. The van der Waals surface area contributed by atoms with Crippen molar-refractivity contribution >= 4 is 28.9 Å². The molecule has 1 aromatic heterocycles. The van der Waals surface area contributed by atoms with Crippen molar-refractivity contribution in [1.29, 1.82) is 0 Å². The first-order valence-electron chi connectivity index (χ1n) is 8.45. The number of benzene rings is 2. The van der Waals surface area contributed by atoms with E-state index in [1.807, 2.05) is 12.1 Å². The van der Waals surface area contributed by atoms with Crippen LogP contribution in [0.15, 0.2) is 60.8 Å². The number of nitrogens with one attached hydrogen (secondary N) is 2. The molecule has 0 aliphatic rings. The highest BCUT2D eigenvalue weighted by Crippen LogP contribution is 2.28. The standard InChI is InChI=1S/C21H20ClN3O2/c1-14-4-3-5-15(10-14)12-23-17-7-8-18(24-13-17)21(26)25-19-11-16(22)6-9-20(19)27-2/h3-11,13,23H,12H2,1-2H3,(H,25,26). The van der Waals surface area contributed by atoms with Crippen molar-refractivity contribution in [3.8, 4) is 5.75 Å². The molecule has 0 aliphatic carbocycles. The summed E-state index contributed by atoms with van der Waals surface area (Å²) in [6, 6.07) is 16.8. The Bertz CT molecular complexity index is 942. The number of hydrogen-bond acceptors (Lipinski definition) is 4. The second-order valence-corrected chi connectivity index (χ2v) is 6.51. The van der Waals surface area contributed by atoms with Crippen molar-refractivity contribution in [3.05, 3.63) is 82.6 Å². The number of methoxy groups -OCH3 is 1. The lowest BCUT2D eigenvalue weighted by Gasteiger charge is -2.11. The zero-order chi connectivity index (χ0) is 19.2. The van der Waals surface area contributed by atoms with Crippen molar-refractivity contribution in [2.45, 2.75) is 13.5 Å². The van der Waals surface area contributed by atoms with Gasteiger partial charge in [-0.15, -0.1) is 0 Å². The molecule has 1 heterocycles. The molecule has 0 atom stereocenters. The quantitative estimate of drug-likeness (QED) is 0.636. The van der Waals surface area contributed by atoms with Crippen LogP contribution in [0.25, 0.3) is 0 Å². The van der Waals surface area contributed by atoms with E-state index in [4.69, 9.17) is 16.3 Å². The van der Waals surface area contributed by atoms with Crippen LogP contribution in [0.2, 0.25) is 5.02 Å². The van der Waals surface area contributed by atoms with E-state index in [2.05, 4.69) is 40.7 Å². The Balaban J connectivity index is 1.64. The van der Waals surface area contributed by atoms with Gasteiger partial charge in [-0.25, -0.2) is 4.98 Å². The van der Waals surface area contributed by atoms with Crippen molar-refractivity contribution < 1.29 is 9.53 Å². The number of ether oxygens (including phenoxy) is 1. The number of carbonyl (C=O) groups is 1. The van der Waals surface area contributed by atoms with Crippen molar-refractivity contribution in [2.75, 3.05) is 17.7 Å². The molecule has 0 saturated carbocycles. The van der Waals surface area contributed by atoms with Gasteiger partial charge in [0.2, 0.25) is 0 Å². The molecule has 3 aromatic rings. The maximum Gasteiger partial charge on any atom is 0.274 e. The fourth-order valence-electron chi connectivity index (χ4n) is 2.62. The molecule has 0 radical (unpaired) electrons. The lowest BCUT2D eigenvalue weighted by molar-refractivity contribution is 0.102. The molecule has 2 N–H and O–H groups in total. The predicted molar refractivity (Wildman–Crippen MR) is 109 cm³/mol. The fraction of sp³-hybridized carbons (Fsp3) is 0.143. The van der Waals surface area contributed by atoms with Crippen LogP contribution in [-0.4, -0.2) is 18.0 Å². The number of aromatic nitrogens is 1. The normalized spacial score (nSPS) is 10.3. The van der Waals surface area contributed by atoms with E-state index in [0.717, 1.165) is 5.69 Å². The van der Waals surface area contributed by atoms with Crippen LogP contribution < -0.4 is 15.4 Å². The average Bonchev–Trinajstić information content (AvgIpc) is 2.67. The van der Waals surface area contributed by atoms with Gasteiger partial charge in [0, 0.05) is 11.6 Å². The second kappa shape index (κ2) is 8.56. The highest BCUT2D eigenvalue weighted by Gasteiger charge is 2.11. The van der Waals surface area contributed by atoms with Crippen LogP contribution in [0.3, 0.4) is 0 Å². The Hall–Kier alpha value is -3.05. The summed E-state index contributed by atoms with van der Waals surface area (Å²) in [5.41, 5.74) is 4.05. The maximum atomic E-state index is 12.4. The number of aryl methyl sites for hydroxylation is 1. The summed E-state index contributed by atoms with van der Waals surface area (Å²) < 4.78 is 5.23. The second-order valence-electron chi connectivity index (χ2n) is 6.07. The van der Waals surface area contributed by atoms with Gasteiger partial charge >= 0.3 is 0 Å². The highest BCUT2D eigenvalue weighted by atomic mass is 35.5. The Morgan fingerprint density at radius 1 is 1.15 bits per heavy atom. The predicted octanol–water partition coefficient (Wildman–Crippen LogP) is 4.92. The summed E-state index contributed by atoms with van der Waals surface area (Å²) in [5.74, 6) is 0.199. The maximum absolute atomic E-state index is 12.4. The number of amides is 1. The van der Waals surface area contributed by atoms with E-state index in [1.165, 1.54) is 18.2 Å². The molecule has 0 saturated heterocycles. The van der Waals surface area contributed by atoms with Gasteiger partial charge in [0.1, 0.15) is 11.4 Å². The third-order valence-electron chi connectivity index (χ3n) is 3.98. The summed E-state index contributed by atoms with van der Waals surface area (Å²) >= 11 is 5.99. The molecule has 0 unspecified atom stereocenters. The lowest BCUT2D eigenvalue weighted by atomic mass is 10.1. The minimum Gasteiger partial charge on any atom is -0.495 e. The summed E-state index contributed by atoms with van der Waals surface area (Å²) in [7, 11) is 1.53. The zero-order valence-corrected chi connectivity index (χ0v) is 15.9. The number of rotatable bonds is 6. The van der Waals surface area contributed by atoms with Crippen molar-refractivity contribution in [1.82, 2.24) is 4.98 Å². The van der Waals surface area contributed by atoms with Gasteiger partial charge in [0.15, 0.2) is 0 Å². The molecule has 2 aromatic carbocycles. The monoisotopic (exact) mass is 381 g/mol. The van der Waals surface area contributed by atoms with E-state index in [0.29, 0.717) is 28.7 Å². The van der Waals surface area contributed by atoms with Crippen LogP contribution >= 0.6 is 11.6 Å². The van der Waals surface area contributed by atoms with Crippen molar-refractivity contribution in [2.24, 2.45) is 0 Å². The van der Waals surface area contributed by atoms with E-state index < -0.39 is 0 Å². The highest BCUT2D eigenvalue weighted by molar-refractivity contribution is 6.31. The number of halogens is 1. The molecule has 0 fully saturated rings. The van der Waals surface area contributed by atoms with Gasteiger partial charge in [-0.05, 0) is 42.8 Å². The number of pyridine rings is 1. The average molecular weight is 382 g/mol. The minimum atomic E-state index is -0.333. The van der Waals surface area contributed by atoms with E-state index in [9.17, 15) is 4.79 Å². The van der Waals surface area contributed by atoms with Crippen LogP contribution in [-0.2, 0) is 6.54 Å². The first-order chi connectivity index (χ1) is 13.0. The van der Waals surface area contributed by atoms with Gasteiger partial charge in [-0.1, -0.05) is 41.4 Å². The van der Waals surface area contributed by atoms with Crippen LogP contribution in [0.4, 0.5) is 11.4 Å². The van der Waals surface area contributed by atoms with Gasteiger partial charge < -0.3 is 15.4 Å². The molecule has 138 valence electrons. The zero-order valence-electron chi connectivity index (χ0n) is 15.1. The summed E-state index contributed by atoms with van der Waals surface area (Å²) in [4.78, 5) is 16.7. The van der Waals surface area contributed by atoms with Gasteiger partial charge in [-0.2, -0.15) is 0 Å². The molecule has 0 spiro atoms. The third-order valence-corrected chi connectivity index (χ3v) is 4.22. The molecule has 6 heteroatoms. The van der Waals surface area contributed by atoms with Gasteiger partial charge in [-0.3, -0.25) is 4.79 Å². The number of anilines is 2. The topological polar surface area (TPSA) is 63.2 Å². The van der Waals surface area contributed by atoms with Crippen LogP contribution in [0, 0.1) is 6.92 Å². The molecular weight excluding hydrogens is 362 g/mol.